The lowest BCUT2D eigenvalue weighted by Gasteiger charge is -2.18. The molecule has 4 nitrogen and oxygen atoms in total. The maximum Gasteiger partial charge on any atom is 0.416 e. The van der Waals surface area contributed by atoms with E-state index >= 15 is 0 Å². The molecule has 17 heavy (non-hydrogen) atoms. The van der Waals surface area contributed by atoms with E-state index in [1.165, 1.54) is 4.90 Å². The van der Waals surface area contributed by atoms with Crippen LogP contribution in [0.5, 0.6) is 0 Å². The number of amides is 2. The Kier molecular flexibility index (Phi) is 3.42. The van der Waals surface area contributed by atoms with Crippen LogP contribution in [0.4, 0.5) is 4.79 Å². The molecule has 1 aliphatic heterocycles. The van der Waals surface area contributed by atoms with E-state index in [0.29, 0.717) is 19.4 Å². The molecule has 2 rings (SSSR count). The number of benzene rings is 1. The summed E-state index contributed by atoms with van der Waals surface area (Å²) >= 11 is 0. The lowest BCUT2D eigenvalue weighted by molar-refractivity contribution is -0.128. The Bertz CT molecular complexity index is 416. The topological polar surface area (TPSA) is 46.6 Å². The highest BCUT2D eigenvalue weighted by molar-refractivity contribution is 5.93. The summed E-state index contributed by atoms with van der Waals surface area (Å²) in [7, 11) is 0. The largest absolute Gasteiger partial charge is 0.447 e. The molecule has 2 amide bonds. The number of hydrogen-bond acceptors (Lipinski definition) is 3. The van der Waals surface area contributed by atoms with Crippen molar-refractivity contribution in [2.45, 2.75) is 25.8 Å². The standard InChI is InChI=1S/C13H15NO3/c1-2-12(15)14-11(9-17-13(14)16)8-10-6-4-3-5-7-10/h3-7,11H,2,8-9H2,1H3. The minimum Gasteiger partial charge on any atom is -0.447 e. The first-order chi connectivity index (χ1) is 8.22. The summed E-state index contributed by atoms with van der Waals surface area (Å²) in [5, 5.41) is 0. The summed E-state index contributed by atoms with van der Waals surface area (Å²) in [5.74, 6) is -0.173. The fraction of sp³-hybridized carbons (Fsp3) is 0.385. The Labute approximate surface area is 100 Å². The van der Waals surface area contributed by atoms with Gasteiger partial charge in [-0.05, 0) is 12.0 Å². The van der Waals surface area contributed by atoms with Crippen molar-refractivity contribution in [3.05, 3.63) is 35.9 Å². The van der Waals surface area contributed by atoms with Crippen molar-refractivity contribution >= 4 is 12.0 Å². The van der Waals surface area contributed by atoms with Crippen LogP contribution in [0.2, 0.25) is 0 Å². The summed E-state index contributed by atoms with van der Waals surface area (Å²) in [6.45, 7) is 2.03. The molecule has 1 heterocycles. The van der Waals surface area contributed by atoms with Crippen molar-refractivity contribution in [1.82, 2.24) is 4.90 Å². The average molecular weight is 233 g/mol. The van der Waals surface area contributed by atoms with Gasteiger partial charge >= 0.3 is 6.09 Å². The summed E-state index contributed by atoms with van der Waals surface area (Å²) in [5.41, 5.74) is 1.10. The maximum atomic E-state index is 11.7. The molecule has 0 aliphatic carbocycles. The van der Waals surface area contributed by atoms with E-state index in [4.69, 9.17) is 4.74 Å². The highest BCUT2D eigenvalue weighted by Gasteiger charge is 2.36. The normalized spacial score (nSPS) is 19.2. The zero-order valence-corrected chi connectivity index (χ0v) is 9.76. The highest BCUT2D eigenvalue weighted by atomic mass is 16.6. The molecule has 1 unspecified atom stereocenters. The SMILES string of the molecule is CCC(=O)N1C(=O)OCC1Cc1ccccc1. The van der Waals surface area contributed by atoms with Gasteiger partial charge in [0.1, 0.15) is 6.61 Å². The van der Waals surface area contributed by atoms with E-state index in [2.05, 4.69) is 0 Å². The van der Waals surface area contributed by atoms with E-state index in [-0.39, 0.29) is 11.9 Å². The molecule has 90 valence electrons. The number of ether oxygens (including phenoxy) is 1. The second-order valence-corrected chi connectivity index (χ2v) is 4.04. The number of rotatable bonds is 3. The van der Waals surface area contributed by atoms with Gasteiger partial charge < -0.3 is 4.74 Å². The molecule has 0 aromatic heterocycles. The summed E-state index contributed by atoms with van der Waals surface area (Å²) in [4.78, 5) is 24.4. The lowest BCUT2D eigenvalue weighted by Crippen LogP contribution is -2.39. The van der Waals surface area contributed by atoms with Crippen molar-refractivity contribution in [2.24, 2.45) is 0 Å². The smallest absolute Gasteiger partial charge is 0.416 e. The number of hydrogen-bond donors (Lipinski definition) is 0. The molecular formula is C13H15NO3. The number of carbonyl (C=O) groups excluding carboxylic acids is 2. The summed E-state index contributed by atoms with van der Waals surface area (Å²) in [6.07, 6.45) is 0.455. The van der Waals surface area contributed by atoms with E-state index in [1.54, 1.807) is 6.92 Å². The second-order valence-electron chi connectivity index (χ2n) is 4.04. The van der Waals surface area contributed by atoms with Gasteiger partial charge in [0.25, 0.3) is 0 Å². The van der Waals surface area contributed by atoms with Gasteiger partial charge in [-0.25, -0.2) is 9.69 Å². The van der Waals surface area contributed by atoms with Gasteiger partial charge in [-0.3, -0.25) is 4.79 Å². The van der Waals surface area contributed by atoms with E-state index in [9.17, 15) is 9.59 Å². The van der Waals surface area contributed by atoms with Gasteiger partial charge in [0.15, 0.2) is 0 Å². The van der Waals surface area contributed by atoms with E-state index < -0.39 is 6.09 Å². The van der Waals surface area contributed by atoms with Crippen LogP contribution >= 0.6 is 0 Å². The van der Waals surface area contributed by atoms with Crippen LogP contribution in [0, 0.1) is 0 Å². The Morgan fingerprint density at radius 3 is 2.76 bits per heavy atom. The predicted octanol–water partition coefficient (Wildman–Crippen LogP) is 1.99. The molecule has 0 saturated carbocycles. The van der Waals surface area contributed by atoms with Crippen LogP contribution in [0.3, 0.4) is 0 Å². The van der Waals surface area contributed by atoms with Crippen molar-refractivity contribution < 1.29 is 14.3 Å². The molecule has 0 bridgehead atoms. The zero-order valence-electron chi connectivity index (χ0n) is 9.76. The van der Waals surface area contributed by atoms with Crippen LogP contribution in [0.1, 0.15) is 18.9 Å². The molecular weight excluding hydrogens is 218 g/mol. The number of imide groups is 1. The predicted molar refractivity (Wildman–Crippen MR) is 62.4 cm³/mol. The lowest BCUT2D eigenvalue weighted by atomic mass is 10.1. The molecule has 1 aromatic carbocycles. The van der Waals surface area contributed by atoms with Gasteiger partial charge in [-0.2, -0.15) is 0 Å². The third-order valence-electron chi connectivity index (χ3n) is 2.85. The molecule has 1 aromatic rings. The van der Waals surface area contributed by atoms with Crippen LogP contribution < -0.4 is 0 Å². The van der Waals surface area contributed by atoms with Crippen molar-refractivity contribution in [3.63, 3.8) is 0 Å². The number of nitrogens with zero attached hydrogens (tertiary/aromatic N) is 1. The van der Waals surface area contributed by atoms with Gasteiger partial charge in [-0.15, -0.1) is 0 Å². The molecule has 0 N–H and O–H groups in total. The van der Waals surface area contributed by atoms with Gasteiger partial charge in [-0.1, -0.05) is 37.3 Å². The van der Waals surface area contributed by atoms with Crippen LogP contribution in [-0.4, -0.2) is 29.5 Å². The molecule has 4 heteroatoms. The minimum atomic E-state index is -0.516. The number of carbonyl (C=O) groups is 2. The third kappa shape index (κ3) is 2.46. The fourth-order valence-corrected chi connectivity index (χ4v) is 1.97. The zero-order chi connectivity index (χ0) is 12.3. The first-order valence-corrected chi connectivity index (χ1v) is 5.75. The molecule has 0 radical (unpaired) electrons. The first kappa shape index (κ1) is 11.6. The third-order valence-corrected chi connectivity index (χ3v) is 2.85. The van der Waals surface area contributed by atoms with Crippen LogP contribution in [0.25, 0.3) is 0 Å². The molecule has 1 aliphatic rings. The van der Waals surface area contributed by atoms with Gasteiger partial charge in [0.05, 0.1) is 6.04 Å². The monoisotopic (exact) mass is 233 g/mol. The maximum absolute atomic E-state index is 11.7. The van der Waals surface area contributed by atoms with E-state index in [0.717, 1.165) is 5.56 Å². The fourth-order valence-electron chi connectivity index (χ4n) is 1.97. The van der Waals surface area contributed by atoms with Crippen LogP contribution in [0.15, 0.2) is 30.3 Å². The van der Waals surface area contributed by atoms with Crippen molar-refractivity contribution in [3.8, 4) is 0 Å². The molecule has 0 spiro atoms. The Morgan fingerprint density at radius 1 is 1.41 bits per heavy atom. The summed E-state index contributed by atoms with van der Waals surface area (Å²) in [6, 6.07) is 9.62. The molecule has 1 saturated heterocycles. The van der Waals surface area contributed by atoms with Crippen LogP contribution in [-0.2, 0) is 16.0 Å². The first-order valence-electron chi connectivity index (χ1n) is 5.75. The van der Waals surface area contributed by atoms with Gasteiger partial charge in [0, 0.05) is 6.42 Å². The Morgan fingerprint density at radius 2 is 2.12 bits per heavy atom. The Hall–Kier alpha value is -1.84. The van der Waals surface area contributed by atoms with Crippen molar-refractivity contribution in [1.29, 1.82) is 0 Å². The number of cyclic esters (lactones) is 1. The summed E-state index contributed by atoms with van der Waals surface area (Å²) < 4.78 is 4.94. The molecule has 1 atom stereocenters. The minimum absolute atomic E-state index is 0.169. The van der Waals surface area contributed by atoms with Crippen molar-refractivity contribution in [2.75, 3.05) is 6.61 Å². The highest BCUT2D eigenvalue weighted by Crippen LogP contribution is 2.18. The Balaban J connectivity index is 2.10. The van der Waals surface area contributed by atoms with E-state index in [1.807, 2.05) is 30.3 Å². The molecule has 1 fully saturated rings. The quantitative estimate of drug-likeness (QED) is 0.802. The second kappa shape index (κ2) is 4.99. The average Bonchev–Trinajstić information content (AvgIpc) is 2.71. The van der Waals surface area contributed by atoms with Gasteiger partial charge in [0.2, 0.25) is 5.91 Å².